The molecule has 0 saturated heterocycles. The lowest BCUT2D eigenvalue weighted by Gasteiger charge is -2.04. The second-order valence-corrected chi connectivity index (χ2v) is 3.85. The average Bonchev–Trinajstić information content (AvgIpc) is 2.69. The van der Waals surface area contributed by atoms with Crippen LogP contribution in [-0.4, -0.2) is 14.5 Å². The van der Waals surface area contributed by atoms with E-state index >= 15 is 0 Å². The first-order valence-corrected chi connectivity index (χ1v) is 5.28. The number of rotatable bonds is 1. The fraction of sp³-hybridized carbons (Fsp3) is 0. The molecule has 0 spiro atoms. The number of benzene rings is 1. The Morgan fingerprint density at radius 2 is 2.17 bits per heavy atom. The number of H-pyrrole nitrogens is 1. The molecule has 90 valence electrons. The number of hydrogen-bond donors (Lipinski definition) is 2. The fourth-order valence-electron chi connectivity index (χ4n) is 1.85. The maximum atomic E-state index is 13.1. The van der Waals surface area contributed by atoms with Crippen LogP contribution >= 0.6 is 0 Å². The summed E-state index contributed by atoms with van der Waals surface area (Å²) in [5.74, 6) is -0.514. The molecule has 3 aromatic rings. The minimum Gasteiger partial charge on any atom is -0.396 e. The van der Waals surface area contributed by atoms with Crippen molar-refractivity contribution in [3.05, 3.63) is 52.8 Å². The minimum atomic E-state index is -0.514. The predicted octanol–water partition coefficient (Wildman–Crippen LogP) is 1.44. The van der Waals surface area contributed by atoms with Crippen molar-refractivity contribution in [3.63, 3.8) is 0 Å². The van der Waals surface area contributed by atoms with Crippen molar-refractivity contribution in [2.45, 2.75) is 0 Å². The molecular weight excluding hydrogens is 235 g/mol. The number of aromatic amines is 1. The third kappa shape index (κ3) is 1.46. The third-order valence-electron chi connectivity index (χ3n) is 2.68. The number of nitrogens with two attached hydrogens (primary N) is 1. The van der Waals surface area contributed by atoms with Crippen LogP contribution in [0, 0.1) is 5.82 Å². The van der Waals surface area contributed by atoms with Gasteiger partial charge in [0.05, 0.1) is 16.9 Å². The molecule has 0 aliphatic rings. The van der Waals surface area contributed by atoms with E-state index in [1.165, 1.54) is 22.8 Å². The zero-order valence-corrected chi connectivity index (χ0v) is 9.22. The lowest BCUT2D eigenvalue weighted by atomic mass is 10.2. The number of hydrogen-bond acceptors (Lipinski definition) is 3. The van der Waals surface area contributed by atoms with Crippen LogP contribution in [0.4, 0.5) is 10.1 Å². The number of imidazole rings is 1. The zero-order chi connectivity index (χ0) is 12.7. The van der Waals surface area contributed by atoms with E-state index in [9.17, 15) is 9.18 Å². The van der Waals surface area contributed by atoms with E-state index in [2.05, 4.69) is 9.97 Å². The highest BCUT2D eigenvalue weighted by atomic mass is 19.1. The maximum Gasteiger partial charge on any atom is 0.332 e. The molecule has 18 heavy (non-hydrogen) atoms. The molecule has 0 amide bonds. The number of halogens is 1. The summed E-state index contributed by atoms with van der Waals surface area (Å²) in [7, 11) is 0. The molecule has 3 rings (SSSR count). The van der Waals surface area contributed by atoms with Crippen LogP contribution in [0.3, 0.4) is 0 Å². The topological polar surface area (TPSA) is 76.7 Å². The standard InChI is InChI=1S/C12H9FN4O/c13-8-4-3-7(6-9(8)14)17-11-10(16-12(17)18)2-1-5-15-11/h1-6H,14H2,(H,16,18). The second-order valence-electron chi connectivity index (χ2n) is 3.85. The van der Waals surface area contributed by atoms with E-state index in [1.54, 1.807) is 18.3 Å². The molecule has 2 heterocycles. The average molecular weight is 244 g/mol. The number of fused-ring (bicyclic) bond motifs is 1. The Hall–Kier alpha value is -2.63. The van der Waals surface area contributed by atoms with Gasteiger partial charge in [-0.25, -0.2) is 18.7 Å². The SMILES string of the molecule is Nc1cc(-n2c(=O)[nH]c3cccnc32)ccc1F. The van der Waals surface area contributed by atoms with Crippen molar-refractivity contribution in [3.8, 4) is 5.69 Å². The first-order chi connectivity index (χ1) is 8.66. The van der Waals surface area contributed by atoms with Crippen LogP contribution in [0.1, 0.15) is 0 Å². The van der Waals surface area contributed by atoms with Crippen molar-refractivity contribution in [1.82, 2.24) is 14.5 Å². The van der Waals surface area contributed by atoms with Gasteiger partial charge in [0.25, 0.3) is 0 Å². The fourth-order valence-corrected chi connectivity index (χ4v) is 1.85. The van der Waals surface area contributed by atoms with Crippen LogP contribution in [-0.2, 0) is 0 Å². The van der Waals surface area contributed by atoms with E-state index in [0.29, 0.717) is 16.9 Å². The van der Waals surface area contributed by atoms with Gasteiger partial charge in [-0.2, -0.15) is 0 Å². The van der Waals surface area contributed by atoms with E-state index in [4.69, 9.17) is 5.73 Å². The van der Waals surface area contributed by atoms with Gasteiger partial charge in [0.1, 0.15) is 5.82 Å². The zero-order valence-electron chi connectivity index (χ0n) is 9.22. The van der Waals surface area contributed by atoms with Gasteiger partial charge < -0.3 is 10.7 Å². The quantitative estimate of drug-likeness (QED) is 0.636. The Morgan fingerprint density at radius 1 is 1.33 bits per heavy atom. The molecule has 0 unspecified atom stereocenters. The van der Waals surface area contributed by atoms with Gasteiger partial charge in [0.2, 0.25) is 0 Å². The largest absolute Gasteiger partial charge is 0.396 e. The van der Waals surface area contributed by atoms with Crippen molar-refractivity contribution >= 4 is 16.9 Å². The molecular formula is C12H9FN4O. The molecule has 5 nitrogen and oxygen atoms in total. The van der Waals surface area contributed by atoms with Gasteiger partial charge in [-0.1, -0.05) is 0 Å². The van der Waals surface area contributed by atoms with E-state index in [-0.39, 0.29) is 11.4 Å². The van der Waals surface area contributed by atoms with Gasteiger partial charge in [0.15, 0.2) is 5.65 Å². The molecule has 3 N–H and O–H groups in total. The molecule has 0 atom stereocenters. The number of nitrogens with zero attached hydrogens (tertiary/aromatic N) is 2. The van der Waals surface area contributed by atoms with Crippen molar-refractivity contribution < 1.29 is 4.39 Å². The summed E-state index contributed by atoms with van der Waals surface area (Å²) >= 11 is 0. The third-order valence-corrected chi connectivity index (χ3v) is 2.68. The molecule has 1 aromatic carbocycles. The number of pyridine rings is 1. The van der Waals surface area contributed by atoms with Crippen molar-refractivity contribution in [1.29, 1.82) is 0 Å². The predicted molar refractivity (Wildman–Crippen MR) is 66.1 cm³/mol. The summed E-state index contributed by atoms with van der Waals surface area (Å²) in [6, 6.07) is 7.57. The molecule has 0 aliphatic carbocycles. The summed E-state index contributed by atoms with van der Waals surface area (Å²) in [6.45, 7) is 0. The highest BCUT2D eigenvalue weighted by molar-refractivity contribution is 5.72. The van der Waals surface area contributed by atoms with E-state index in [0.717, 1.165) is 0 Å². The summed E-state index contributed by atoms with van der Waals surface area (Å²) in [6.07, 6.45) is 1.58. The van der Waals surface area contributed by atoms with E-state index < -0.39 is 5.82 Å². The number of aromatic nitrogens is 3. The summed E-state index contributed by atoms with van der Waals surface area (Å²) in [5, 5.41) is 0. The Morgan fingerprint density at radius 3 is 2.94 bits per heavy atom. The van der Waals surface area contributed by atoms with E-state index in [1.807, 2.05) is 0 Å². The van der Waals surface area contributed by atoms with Gasteiger partial charge >= 0.3 is 5.69 Å². The van der Waals surface area contributed by atoms with Crippen LogP contribution < -0.4 is 11.4 Å². The Kier molecular flexibility index (Phi) is 2.16. The second kappa shape index (κ2) is 3.69. The number of nitrogens with one attached hydrogen (secondary N) is 1. The van der Waals surface area contributed by atoms with Gasteiger partial charge in [0, 0.05) is 6.20 Å². The molecule has 0 radical (unpaired) electrons. The summed E-state index contributed by atoms with van der Waals surface area (Å²) < 4.78 is 14.5. The smallest absolute Gasteiger partial charge is 0.332 e. The highest BCUT2D eigenvalue weighted by Gasteiger charge is 2.10. The molecule has 2 aromatic heterocycles. The first kappa shape index (κ1) is 10.5. The van der Waals surface area contributed by atoms with Gasteiger partial charge in [-0.05, 0) is 30.3 Å². The van der Waals surface area contributed by atoms with Crippen LogP contribution in [0.25, 0.3) is 16.9 Å². The highest BCUT2D eigenvalue weighted by Crippen LogP contribution is 2.17. The lowest BCUT2D eigenvalue weighted by Crippen LogP contribution is -2.15. The monoisotopic (exact) mass is 244 g/mol. The normalized spacial score (nSPS) is 10.9. The Labute approximate surface area is 101 Å². The first-order valence-electron chi connectivity index (χ1n) is 5.28. The number of anilines is 1. The van der Waals surface area contributed by atoms with Crippen LogP contribution in [0.5, 0.6) is 0 Å². The minimum absolute atomic E-state index is 0.00955. The maximum absolute atomic E-state index is 13.1. The molecule has 6 heteroatoms. The Balaban J connectivity index is 2.34. The van der Waals surface area contributed by atoms with Crippen molar-refractivity contribution in [2.24, 2.45) is 0 Å². The van der Waals surface area contributed by atoms with Crippen LogP contribution in [0.2, 0.25) is 0 Å². The van der Waals surface area contributed by atoms with Crippen LogP contribution in [0.15, 0.2) is 41.3 Å². The molecule has 0 saturated carbocycles. The Bertz CT molecular complexity index is 790. The molecule has 0 fully saturated rings. The van der Waals surface area contributed by atoms with Crippen molar-refractivity contribution in [2.75, 3.05) is 5.73 Å². The molecule has 0 bridgehead atoms. The summed E-state index contributed by atoms with van der Waals surface area (Å²) in [4.78, 5) is 18.7. The lowest BCUT2D eigenvalue weighted by molar-refractivity contribution is 0.632. The molecule has 0 aliphatic heterocycles. The number of nitrogen functional groups attached to an aromatic ring is 1. The van der Waals surface area contributed by atoms with Gasteiger partial charge in [-0.15, -0.1) is 0 Å². The summed E-state index contributed by atoms with van der Waals surface area (Å²) in [5.41, 5.74) is 6.72. The van der Waals surface area contributed by atoms with Gasteiger partial charge in [-0.3, -0.25) is 0 Å².